The number of ketones is 1. The Balaban J connectivity index is 1.49. The largest absolute Gasteiger partial charge is 0.452 e. The quantitative estimate of drug-likeness (QED) is 0.669. The van der Waals surface area contributed by atoms with E-state index in [1.165, 1.54) is 0 Å². The van der Waals surface area contributed by atoms with Crippen LogP contribution in [0.1, 0.15) is 40.0 Å². The maximum atomic E-state index is 13.0. The lowest BCUT2D eigenvalue weighted by Gasteiger charge is -2.31. The SMILES string of the molecule is Cc1ccc2c(c1CN1CCC[C@H](N)C1)O/C(=C\c1n[nH]c3ncccc13)C2=O. The van der Waals surface area contributed by atoms with Gasteiger partial charge >= 0.3 is 0 Å². The van der Waals surface area contributed by atoms with Gasteiger partial charge in [0.25, 0.3) is 0 Å². The molecule has 3 N–H and O–H groups in total. The molecule has 0 amide bonds. The van der Waals surface area contributed by atoms with Crippen LogP contribution in [0.15, 0.2) is 36.2 Å². The van der Waals surface area contributed by atoms with Gasteiger partial charge < -0.3 is 10.5 Å². The van der Waals surface area contributed by atoms with Crippen molar-refractivity contribution in [2.75, 3.05) is 13.1 Å². The standard InChI is InChI=1S/C22H23N5O2/c1-13-6-7-16-20(28)19(10-18-15-5-2-8-24-22(15)26-25-18)29-21(16)17(13)12-27-9-3-4-14(23)11-27/h2,5-8,10,14H,3-4,9,11-12,23H2,1H3,(H,24,25,26)/b19-10-/t14-/m0/s1. The van der Waals surface area contributed by atoms with Gasteiger partial charge in [-0.3, -0.25) is 14.8 Å². The average molecular weight is 389 g/mol. The van der Waals surface area contributed by atoms with Crippen molar-refractivity contribution in [3.05, 3.63) is 58.6 Å². The molecule has 1 saturated heterocycles. The van der Waals surface area contributed by atoms with Crippen LogP contribution in [0, 0.1) is 6.92 Å². The number of carbonyl (C=O) groups excluding carboxylic acids is 1. The van der Waals surface area contributed by atoms with E-state index in [0.717, 1.165) is 49.0 Å². The number of benzene rings is 1. The highest BCUT2D eigenvalue weighted by molar-refractivity contribution is 6.15. The van der Waals surface area contributed by atoms with E-state index in [4.69, 9.17) is 10.5 Å². The molecule has 29 heavy (non-hydrogen) atoms. The van der Waals surface area contributed by atoms with Crippen molar-refractivity contribution in [2.24, 2.45) is 5.73 Å². The molecule has 2 aliphatic rings. The molecular weight excluding hydrogens is 366 g/mol. The van der Waals surface area contributed by atoms with Crippen molar-refractivity contribution in [3.8, 4) is 5.75 Å². The predicted molar refractivity (Wildman–Crippen MR) is 110 cm³/mol. The number of hydrogen-bond acceptors (Lipinski definition) is 6. The summed E-state index contributed by atoms with van der Waals surface area (Å²) in [4.78, 5) is 19.6. The third kappa shape index (κ3) is 3.22. The van der Waals surface area contributed by atoms with E-state index < -0.39 is 0 Å². The number of ether oxygens (including phenoxy) is 1. The van der Waals surface area contributed by atoms with E-state index in [2.05, 4.69) is 27.0 Å². The number of Topliss-reactive ketones (excluding diaryl/α,β-unsaturated/α-hetero) is 1. The van der Waals surface area contributed by atoms with E-state index >= 15 is 0 Å². The van der Waals surface area contributed by atoms with Crippen LogP contribution in [-0.4, -0.2) is 45.0 Å². The van der Waals surface area contributed by atoms with Gasteiger partial charge in [-0.15, -0.1) is 0 Å². The smallest absolute Gasteiger partial charge is 0.232 e. The fraction of sp³-hybridized carbons (Fsp3) is 0.318. The minimum Gasteiger partial charge on any atom is -0.452 e. The number of aromatic nitrogens is 3. The minimum atomic E-state index is -0.114. The van der Waals surface area contributed by atoms with Crippen LogP contribution < -0.4 is 10.5 Å². The Labute approximate surface area is 168 Å². The number of allylic oxidation sites excluding steroid dienone is 1. The van der Waals surface area contributed by atoms with E-state index in [1.807, 2.05) is 24.3 Å². The van der Waals surface area contributed by atoms with Crippen LogP contribution in [0.4, 0.5) is 0 Å². The van der Waals surface area contributed by atoms with Crippen LogP contribution in [0.3, 0.4) is 0 Å². The molecule has 0 spiro atoms. The molecule has 1 aromatic carbocycles. The molecule has 148 valence electrons. The summed E-state index contributed by atoms with van der Waals surface area (Å²) in [6.07, 6.45) is 5.56. The van der Waals surface area contributed by atoms with Crippen molar-refractivity contribution in [1.82, 2.24) is 20.1 Å². The first-order valence-electron chi connectivity index (χ1n) is 9.94. The second kappa shape index (κ2) is 7.09. The Hall–Kier alpha value is -3.03. The van der Waals surface area contributed by atoms with E-state index in [-0.39, 0.29) is 11.8 Å². The molecule has 5 rings (SSSR count). The lowest BCUT2D eigenvalue weighted by atomic mass is 9.99. The van der Waals surface area contributed by atoms with Crippen LogP contribution in [0.5, 0.6) is 5.75 Å². The number of fused-ring (bicyclic) bond motifs is 2. The Morgan fingerprint density at radius 2 is 2.28 bits per heavy atom. The van der Waals surface area contributed by atoms with Crippen LogP contribution in [0.25, 0.3) is 17.1 Å². The number of likely N-dealkylation sites (tertiary alicyclic amines) is 1. The molecule has 7 nitrogen and oxygen atoms in total. The van der Waals surface area contributed by atoms with Gasteiger partial charge in [-0.05, 0) is 50.1 Å². The number of piperidine rings is 1. The molecular formula is C22H23N5O2. The molecule has 4 heterocycles. The Bertz CT molecular complexity index is 1130. The summed E-state index contributed by atoms with van der Waals surface area (Å²) in [7, 11) is 0. The number of nitrogens with two attached hydrogens (primary N) is 1. The van der Waals surface area contributed by atoms with Crippen molar-refractivity contribution >= 4 is 22.9 Å². The fourth-order valence-corrected chi connectivity index (χ4v) is 4.17. The summed E-state index contributed by atoms with van der Waals surface area (Å²) in [5, 5.41) is 8.02. The molecule has 7 heteroatoms. The second-order valence-corrected chi connectivity index (χ2v) is 7.82. The molecule has 0 aliphatic carbocycles. The number of H-pyrrole nitrogens is 1. The predicted octanol–water partition coefficient (Wildman–Crippen LogP) is 2.81. The van der Waals surface area contributed by atoms with Crippen molar-refractivity contribution in [1.29, 1.82) is 0 Å². The van der Waals surface area contributed by atoms with Crippen molar-refractivity contribution in [2.45, 2.75) is 32.4 Å². The van der Waals surface area contributed by atoms with Gasteiger partial charge in [0.2, 0.25) is 5.78 Å². The number of pyridine rings is 1. The maximum Gasteiger partial charge on any atom is 0.232 e. The van der Waals surface area contributed by atoms with Gasteiger partial charge in [-0.2, -0.15) is 5.10 Å². The van der Waals surface area contributed by atoms with Gasteiger partial charge in [-0.1, -0.05) is 6.07 Å². The number of nitrogens with zero attached hydrogens (tertiary/aromatic N) is 3. The van der Waals surface area contributed by atoms with Crippen LogP contribution >= 0.6 is 0 Å². The first kappa shape index (κ1) is 18.0. The van der Waals surface area contributed by atoms with Crippen LogP contribution in [-0.2, 0) is 6.54 Å². The highest BCUT2D eigenvalue weighted by Crippen LogP contribution is 2.38. The lowest BCUT2D eigenvalue weighted by Crippen LogP contribution is -2.42. The summed E-state index contributed by atoms with van der Waals surface area (Å²) in [6, 6.07) is 7.82. The molecule has 2 aromatic heterocycles. The fourth-order valence-electron chi connectivity index (χ4n) is 4.17. The summed E-state index contributed by atoms with van der Waals surface area (Å²) >= 11 is 0. The molecule has 0 bridgehead atoms. The van der Waals surface area contributed by atoms with Crippen molar-refractivity contribution < 1.29 is 9.53 Å². The van der Waals surface area contributed by atoms with Gasteiger partial charge in [0, 0.05) is 42.4 Å². The van der Waals surface area contributed by atoms with Gasteiger partial charge in [-0.25, -0.2) is 4.98 Å². The monoisotopic (exact) mass is 389 g/mol. The number of carbonyl (C=O) groups is 1. The van der Waals surface area contributed by atoms with Crippen LogP contribution in [0.2, 0.25) is 0 Å². The molecule has 0 radical (unpaired) electrons. The molecule has 1 fully saturated rings. The summed E-state index contributed by atoms with van der Waals surface area (Å²) in [5.41, 5.74) is 10.2. The molecule has 0 saturated carbocycles. The highest BCUT2D eigenvalue weighted by Gasteiger charge is 2.31. The number of aromatic amines is 1. The van der Waals surface area contributed by atoms with E-state index in [9.17, 15) is 4.79 Å². The number of aryl methyl sites for hydroxylation is 1. The van der Waals surface area contributed by atoms with Crippen molar-refractivity contribution in [3.63, 3.8) is 0 Å². The third-order valence-electron chi connectivity index (χ3n) is 5.73. The minimum absolute atomic E-state index is 0.114. The summed E-state index contributed by atoms with van der Waals surface area (Å²) in [6.45, 7) is 4.67. The lowest BCUT2D eigenvalue weighted by molar-refractivity contribution is 0.101. The molecule has 1 atom stereocenters. The third-order valence-corrected chi connectivity index (χ3v) is 5.73. The highest BCUT2D eigenvalue weighted by atomic mass is 16.5. The second-order valence-electron chi connectivity index (χ2n) is 7.82. The topological polar surface area (TPSA) is 97.1 Å². The summed E-state index contributed by atoms with van der Waals surface area (Å²) < 4.78 is 6.10. The zero-order chi connectivity index (χ0) is 20.0. The van der Waals surface area contributed by atoms with Gasteiger partial charge in [0.1, 0.15) is 5.75 Å². The molecule has 3 aromatic rings. The summed E-state index contributed by atoms with van der Waals surface area (Å²) in [5.74, 6) is 0.842. The van der Waals surface area contributed by atoms with Gasteiger partial charge in [0.05, 0.1) is 11.3 Å². The van der Waals surface area contributed by atoms with E-state index in [0.29, 0.717) is 28.4 Å². The number of hydrogen-bond donors (Lipinski definition) is 2. The zero-order valence-electron chi connectivity index (χ0n) is 16.3. The number of nitrogens with one attached hydrogen (secondary N) is 1. The zero-order valence-corrected chi connectivity index (χ0v) is 16.3. The Kier molecular flexibility index (Phi) is 4.41. The average Bonchev–Trinajstić information content (AvgIpc) is 3.26. The first-order chi connectivity index (χ1) is 14.1. The normalized spacial score (nSPS) is 21.0. The maximum absolute atomic E-state index is 13.0. The number of rotatable bonds is 3. The Morgan fingerprint density at radius 1 is 1.38 bits per heavy atom. The first-order valence-corrected chi connectivity index (χ1v) is 9.94. The van der Waals surface area contributed by atoms with E-state index in [1.54, 1.807) is 12.3 Å². The molecule has 0 unspecified atom stereocenters. The Morgan fingerprint density at radius 3 is 3.14 bits per heavy atom. The van der Waals surface area contributed by atoms with Gasteiger partial charge in [0.15, 0.2) is 11.4 Å². The molecule has 2 aliphatic heterocycles.